The summed E-state index contributed by atoms with van der Waals surface area (Å²) in [6.07, 6.45) is 4.90. The van der Waals surface area contributed by atoms with Crippen molar-refractivity contribution < 1.29 is 8.78 Å². The number of hydrogen-bond donors (Lipinski definition) is 3. The molecule has 2 aromatic carbocycles. The molecule has 3 N–H and O–H groups in total. The van der Waals surface area contributed by atoms with Crippen LogP contribution in [-0.2, 0) is 13.5 Å². The van der Waals surface area contributed by atoms with Crippen LogP contribution in [0.5, 0.6) is 0 Å². The number of anilines is 2. The van der Waals surface area contributed by atoms with Crippen LogP contribution < -0.4 is 15.5 Å². The SMILES string of the molecule is C=CN1CCC(Nc2ccccc2)=C(C(=N)N2CCCc3cc(-c4cnn(C)c4)c(C(F)F)cc32)C1.CNC. The van der Waals surface area contributed by atoms with Crippen LogP contribution in [0.1, 0.15) is 30.4 Å². The minimum absolute atomic E-state index is 0.0329. The molecule has 0 amide bonds. The first-order valence-corrected chi connectivity index (χ1v) is 13.2. The Morgan fingerprint density at radius 1 is 1.13 bits per heavy atom. The highest BCUT2D eigenvalue weighted by molar-refractivity contribution is 6.09. The molecule has 0 atom stereocenters. The van der Waals surface area contributed by atoms with E-state index in [2.05, 4.69) is 27.2 Å². The van der Waals surface area contributed by atoms with Gasteiger partial charge in [0.15, 0.2) is 0 Å². The first-order chi connectivity index (χ1) is 18.9. The van der Waals surface area contributed by atoms with Crippen LogP contribution in [-0.4, -0.2) is 54.2 Å². The highest BCUT2D eigenvalue weighted by atomic mass is 19.3. The molecule has 2 aliphatic heterocycles. The van der Waals surface area contributed by atoms with Crippen LogP contribution in [0, 0.1) is 5.41 Å². The second-order valence-electron chi connectivity index (χ2n) is 9.73. The van der Waals surface area contributed by atoms with Gasteiger partial charge in [-0.3, -0.25) is 10.1 Å². The molecule has 0 unspecified atom stereocenters. The average molecular weight is 534 g/mol. The molecule has 0 radical (unpaired) electrons. The van der Waals surface area contributed by atoms with Crippen LogP contribution in [0.4, 0.5) is 20.2 Å². The monoisotopic (exact) mass is 533 g/mol. The molecule has 9 heteroatoms. The lowest BCUT2D eigenvalue weighted by Gasteiger charge is -2.37. The van der Waals surface area contributed by atoms with E-state index in [4.69, 9.17) is 0 Å². The zero-order valence-corrected chi connectivity index (χ0v) is 22.8. The van der Waals surface area contributed by atoms with Crippen molar-refractivity contribution in [3.63, 3.8) is 0 Å². The van der Waals surface area contributed by atoms with E-state index in [1.54, 1.807) is 36.4 Å². The number of fused-ring (bicyclic) bond motifs is 1. The fraction of sp³-hybridized carbons (Fsp3) is 0.333. The largest absolute Gasteiger partial charge is 0.373 e. The molecular formula is C30H37F2N7. The van der Waals surface area contributed by atoms with E-state index in [1.807, 2.05) is 55.4 Å². The van der Waals surface area contributed by atoms with Gasteiger partial charge in [0, 0.05) is 73.1 Å². The number of nitrogens with one attached hydrogen (secondary N) is 3. The van der Waals surface area contributed by atoms with E-state index in [-0.39, 0.29) is 5.56 Å². The molecule has 2 aliphatic rings. The van der Waals surface area contributed by atoms with Gasteiger partial charge in [0.2, 0.25) is 0 Å². The molecule has 3 heterocycles. The van der Waals surface area contributed by atoms with Gasteiger partial charge in [-0.25, -0.2) is 8.78 Å². The van der Waals surface area contributed by atoms with Gasteiger partial charge < -0.3 is 20.4 Å². The van der Waals surface area contributed by atoms with Crippen molar-refractivity contribution in [1.29, 1.82) is 5.41 Å². The highest BCUT2D eigenvalue weighted by Gasteiger charge is 2.29. The Hall–Kier alpha value is -3.98. The molecule has 0 saturated heterocycles. The number of para-hydroxylation sites is 1. The van der Waals surface area contributed by atoms with Crippen molar-refractivity contribution in [1.82, 2.24) is 20.0 Å². The molecule has 0 spiro atoms. The summed E-state index contributed by atoms with van der Waals surface area (Å²) in [7, 11) is 5.53. The Bertz CT molecular complexity index is 1330. The zero-order valence-electron chi connectivity index (χ0n) is 22.8. The second kappa shape index (κ2) is 12.7. The Balaban J connectivity index is 0.00000112. The third-order valence-electron chi connectivity index (χ3n) is 6.88. The molecule has 7 nitrogen and oxygen atoms in total. The van der Waals surface area contributed by atoms with Crippen molar-refractivity contribution in [3.05, 3.63) is 90.0 Å². The molecule has 5 rings (SSSR count). The number of benzene rings is 2. The van der Waals surface area contributed by atoms with Gasteiger partial charge in [0.25, 0.3) is 6.43 Å². The quantitative estimate of drug-likeness (QED) is 0.276. The summed E-state index contributed by atoms with van der Waals surface area (Å²) >= 11 is 0. The minimum atomic E-state index is -2.64. The number of nitrogens with zero attached hydrogens (tertiary/aromatic N) is 4. The minimum Gasteiger partial charge on any atom is -0.373 e. The number of hydrogen-bond acceptors (Lipinski definition) is 5. The Morgan fingerprint density at radius 2 is 1.87 bits per heavy atom. The van der Waals surface area contributed by atoms with Crippen molar-refractivity contribution >= 4 is 17.2 Å². The number of aromatic nitrogens is 2. The van der Waals surface area contributed by atoms with Crippen molar-refractivity contribution in [3.8, 4) is 11.1 Å². The van der Waals surface area contributed by atoms with E-state index in [0.717, 1.165) is 48.3 Å². The maximum absolute atomic E-state index is 14.2. The summed E-state index contributed by atoms with van der Waals surface area (Å²) in [5.74, 6) is 0.343. The third-order valence-corrected chi connectivity index (χ3v) is 6.88. The fourth-order valence-electron chi connectivity index (χ4n) is 5.03. The molecule has 0 bridgehead atoms. The molecular weight excluding hydrogens is 496 g/mol. The maximum Gasteiger partial charge on any atom is 0.264 e. The van der Waals surface area contributed by atoms with Gasteiger partial charge in [-0.15, -0.1) is 0 Å². The van der Waals surface area contributed by atoms with Crippen molar-refractivity contribution in [2.75, 3.05) is 43.9 Å². The average Bonchev–Trinajstić information content (AvgIpc) is 3.38. The lowest BCUT2D eigenvalue weighted by atomic mass is 9.92. The predicted octanol–water partition coefficient (Wildman–Crippen LogP) is 5.81. The summed E-state index contributed by atoms with van der Waals surface area (Å²) in [5, 5.41) is 19.7. The Morgan fingerprint density at radius 3 is 2.51 bits per heavy atom. The van der Waals surface area contributed by atoms with Gasteiger partial charge in [-0.2, -0.15) is 5.10 Å². The number of halogens is 2. The van der Waals surface area contributed by atoms with E-state index < -0.39 is 6.43 Å². The van der Waals surface area contributed by atoms with Crippen LogP contribution >= 0.6 is 0 Å². The summed E-state index contributed by atoms with van der Waals surface area (Å²) in [4.78, 5) is 3.98. The molecule has 3 aromatic rings. The fourth-order valence-corrected chi connectivity index (χ4v) is 5.03. The smallest absolute Gasteiger partial charge is 0.264 e. The Labute approximate surface area is 229 Å². The van der Waals surface area contributed by atoms with Crippen LogP contribution in [0.25, 0.3) is 11.1 Å². The second-order valence-corrected chi connectivity index (χ2v) is 9.73. The van der Waals surface area contributed by atoms with E-state index in [1.165, 1.54) is 0 Å². The molecule has 1 aromatic heterocycles. The number of rotatable bonds is 6. The maximum atomic E-state index is 14.2. The summed E-state index contributed by atoms with van der Waals surface area (Å²) in [6, 6.07) is 13.3. The van der Waals surface area contributed by atoms with E-state index >= 15 is 0 Å². The third kappa shape index (κ3) is 6.37. The topological polar surface area (TPSA) is 72.2 Å². The van der Waals surface area contributed by atoms with Gasteiger partial charge in [-0.1, -0.05) is 24.8 Å². The van der Waals surface area contributed by atoms with Gasteiger partial charge in [0.1, 0.15) is 5.84 Å². The van der Waals surface area contributed by atoms with E-state index in [9.17, 15) is 14.2 Å². The molecule has 0 aliphatic carbocycles. The van der Waals surface area contributed by atoms with Crippen LogP contribution in [0.15, 0.2) is 78.9 Å². The first-order valence-electron chi connectivity index (χ1n) is 13.2. The first kappa shape index (κ1) is 28.0. The van der Waals surface area contributed by atoms with Gasteiger partial charge in [0.05, 0.1) is 6.20 Å². The number of alkyl halides is 2. The number of amidine groups is 1. The standard InChI is InChI=1S/C28H30F2N6.C2H7N/c1-3-35-13-11-25(33-21-9-5-4-6-10-21)24(18-35)28(31)36-12-7-8-19-14-22(20-16-32-34(2)17-20)23(27(29)30)15-26(19)36;1-3-2/h3-6,9-10,14-17,27,31,33H,1,7-8,11-13,18H2,2H3;3H,1-2H3. The molecule has 0 saturated carbocycles. The van der Waals surface area contributed by atoms with Gasteiger partial charge in [-0.05, 0) is 68.5 Å². The van der Waals surface area contributed by atoms with Gasteiger partial charge >= 0.3 is 0 Å². The molecule has 39 heavy (non-hydrogen) atoms. The molecule has 206 valence electrons. The van der Waals surface area contributed by atoms with Crippen LogP contribution in [0.3, 0.4) is 0 Å². The Kier molecular flexibility index (Phi) is 9.14. The van der Waals surface area contributed by atoms with E-state index in [0.29, 0.717) is 35.7 Å². The van der Waals surface area contributed by atoms with Crippen molar-refractivity contribution in [2.45, 2.75) is 25.7 Å². The molecule has 0 fully saturated rings. The predicted molar refractivity (Wildman–Crippen MR) is 155 cm³/mol. The van der Waals surface area contributed by atoms with Crippen molar-refractivity contribution in [2.24, 2.45) is 7.05 Å². The highest BCUT2D eigenvalue weighted by Crippen LogP contribution is 2.39. The summed E-state index contributed by atoms with van der Waals surface area (Å²) in [6.45, 7) is 5.87. The summed E-state index contributed by atoms with van der Waals surface area (Å²) in [5.41, 5.74) is 5.62. The number of aryl methyl sites for hydroxylation is 2. The lowest BCUT2D eigenvalue weighted by Crippen LogP contribution is -2.41. The summed E-state index contributed by atoms with van der Waals surface area (Å²) < 4.78 is 30.1. The van der Waals surface area contributed by atoms with Crippen LogP contribution in [0.2, 0.25) is 0 Å². The normalized spacial score (nSPS) is 15.0. The lowest BCUT2D eigenvalue weighted by molar-refractivity contribution is 0.152. The zero-order chi connectivity index (χ0) is 27.9.